The van der Waals surface area contributed by atoms with Gasteiger partial charge in [-0.2, -0.15) is 0 Å². The highest BCUT2D eigenvalue weighted by atomic mass is 19.1. The molecular weight excluding hydrogens is 386 g/mol. The summed E-state index contributed by atoms with van der Waals surface area (Å²) in [6.07, 6.45) is 1.73. The number of hydrogen-bond donors (Lipinski definition) is 2. The van der Waals surface area contributed by atoms with Gasteiger partial charge in [0.1, 0.15) is 24.0 Å². The minimum absolute atomic E-state index is 0.128. The molecule has 0 amide bonds. The molecule has 0 radical (unpaired) electrons. The number of aliphatic imine (C=N–C) groups is 1. The smallest absolute Gasteiger partial charge is 0.191 e. The average Bonchev–Trinajstić information content (AvgIpc) is 2.77. The standard InChI is InChI=1S/C23H24F2N4O/c1-2-26-23(29-15-18-13-19(24)9-10-22(18)25)28-14-17-6-5-8-21(12-17)30-16-20-7-3-4-11-27-20/h3-13H,2,14-16H2,1H3,(H2,26,28,29). The van der Waals surface area contributed by atoms with Crippen LogP contribution < -0.4 is 15.4 Å². The molecule has 2 aromatic carbocycles. The van der Waals surface area contributed by atoms with Crippen LogP contribution in [-0.2, 0) is 19.7 Å². The van der Waals surface area contributed by atoms with Gasteiger partial charge in [-0.1, -0.05) is 18.2 Å². The number of ether oxygens (including phenoxy) is 1. The Kier molecular flexibility index (Phi) is 7.71. The van der Waals surface area contributed by atoms with Gasteiger partial charge >= 0.3 is 0 Å². The Labute approximate surface area is 174 Å². The molecule has 156 valence electrons. The van der Waals surface area contributed by atoms with Gasteiger partial charge in [-0.25, -0.2) is 13.8 Å². The predicted molar refractivity (Wildman–Crippen MR) is 113 cm³/mol. The minimum Gasteiger partial charge on any atom is -0.487 e. The Morgan fingerprint density at radius 2 is 1.93 bits per heavy atom. The van der Waals surface area contributed by atoms with Crippen molar-refractivity contribution in [3.63, 3.8) is 0 Å². The van der Waals surface area contributed by atoms with E-state index < -0.39 is 11.6 Å². The van der Waals surface area contributed by atoms with Crippen molar-refractivity contribution in [1.29, 1.82) is 0 Å². The topological polar surface area (TPSA) is 58.5 Å². The Hall–Kier alpha value is -3.48. The normalized spacial score (nSPS) is 11.2. The zero-order valence-electron chi connectivity index (χ0n) is 16.7. The highest BCUT2D eigenvalue weighted by Crippen LogP contribution is 2.15. The summed E-state index contributed by atoms with van der Waals surface area (Å²) in [6, 6.07) is 16.7. The van der Waals surface area contributed by atoms with Gasteiger partial charge in [-0.3, -0.25) is 4.98 Å². The summed E-state index contributed by atoms with van der Waals surface area (Å²) in [7, 11) is 0. The molecule has 2 N–H and O–H groups in total. The van der Waals surface area contributed by atoms with Crippen molar-refractivity contribution in [2.75, 3.05) is 6.54 Å². The molecule has 0 aliphatic carbocycles. The highest BCUT2D eigenvalue weighted by molar-refractivity contribution is 5.79. The molecular formula is C23H24F2N4O. The summed E-state index contributed by atoms with van der Waals surface area (Å²) in [5.41, 5.74) is 2.05. The van der Waals surface area contributed by atoms with Crippen molar-refractivity contribution in [3.05, 3.63) is 95.3 Å². The van der Waals surface area contributed by atoms with Gasteiger partial charge in [-0.15, -0.1) is 0 Å². The Balaban J connectivity index is 1.60. The first-order chi connectivity index (χ1) is 14.6. The third-order valence-corrected chi connectivity index (χ3v) is 4.23. The maximum absolute atomic E-state index is 13.8. The summed E-state index contributed by atoms with van der Waals surface area (Å²) in [4.78, 5) is 8.76. The largest absolute Gasteiger partial charge is 0.487 e. The van der Waals surface area contributed by atoms with Gasteiger partial charge in [0.25, 0.3) is 0 Å². The Morgan fingerprint density at radius 1 is 1.03 bits per heavy atom. The quantitative estimate of drug-likeness (QED) is 0.432. The first-order valence-electron chi connectivity index (χ1n) is 9.72. The minimum atomic E-state index is -0.474. The van der Waals surface area contributed by atoms with Gasteiger partial charge in [0, 0.05) is 24.8 Å². The molecule has 0 fully saturated rings. The molecule has 0 saturated carbocycles. The third kappa shape index (κ3) is 6.55. The van der Waals surface area contributed by atoms with Crippen LogP contribution in [0.15, 0.2) is 71.9 Å². The first-order valence-corrected chi connectivity index (χ1v) is 9.72. The van der Waals surface area contributed by atoms with E-state index in [4.69, 9.17) is 4.74 Å². The Morgan fingerprint density at radius 3 is 2.73 bits per heavy atom. The van der Waals surface area contributed by atoms with E-state index >= 15 is 0 Å². The number of halogens is 2. The maximum Gasteiger partial charge on any atom is 0.191 e. The average molecular weight is 410 g/mol. The molecule has 1 aromatic heterocycles. The SMILES string of the molecule is CCNC(=NCc1cccc(OCc2ccccn2)c1)NCc1cc(F)ccc1F. The van der Waals surface area contributed by atoms with E-state index in [9.17, 15) is 8.78 Å². The van der Waals surface area contributed by atoms with E-state index in [2.05, 4.69) is 20.6 Å². The van der Waals surface area contributed by atoms with Gasteiger partial charge in [0.2, 0.25) is 0 Å². The molecule has 0 unspecified atom stereocenters. The molecule has 0 bridgehead atoms. The first kappa shape index (κ1) is 21.2. The van der Waals surface area contributed by atoms with Gasteiger partial charge < -0.3 is 15.4 Å². The van der Waals surface area contributed by atoms with Crippen LogP contribution in [0.5, 0.6) is 5.75 Å². The molecule has 3 rings (SSSR count). The summed E-state index contributed by atoms with van der Waals surface area (Å²) >= 11 is 0. The maximum atomic E-state index is 13.8. The van der Waals surface area contributed by atoms with Crippen LogP contribution in [0.2, 0.25) is 0 Å². The summed E-state index contributed by atoms with van der Waals surface area (Å²) < 4.78 is 33.0. The molecule has 3 aromatic rings. The molecule has 0 aliphatic heterocycles. The second kappa shape index (κ2) is 10.9. The molecule has 0 atom stereocenters. The molecule has 0 aliphatic rings. The monoisotopic (exact) mass is 410 g/mol. The predicted octanol–water partition coefficient (Wildman–Crippen LogP) is 4.19. The van der Waals surface area contributed by atoms with Crippen LogP contribution in [0.25, 0.3) is 0 Å². The van der Waals surface area contributed by atoms with E-state index in [0.717, 1.165) is 29.1 Å². The summed E-state index contributed by atoms with van der Waals surface area (Å²) in [5.74, 6) is 0.310. The second-order valence-corrected chi connectivity index (χ2v) is 6.54. The summed E-state index contributed by atoms with van der Waals surface area (Å²) in [5, 5.41) is 6.13. The number of benzene rings is 2. The lowest BCUT2D eigenvalue weighted by Gasteiger charge is -2.12. The van der Waals surface area contributed by atoms with E-state index in [1.54, 1.807) is 6.20 Å². The van der Waals surface area contributed by atoms with Crippen LogP contribution >= 0.6 is 0 Å². The number of aromatic nitrogens is 1. The van der Waals surface area contributed by atoms with Crippen molar-refractivity contribution in [1.82, 2.24) is 15.6 Å². The van der Waals surface area contributed by atoms with E-state index in [0.29, 0.717) is 25.7 Å². The molecule has 1 heterocycles. The number of guanidine groups is 1. The van der Waals surface area contributed by atoms with Crippen LogP contribution in [0.1, 0.15) is 23.7 Å². The lowest BCUT2D eigenvalue weighted by Crippen LogP contribution is -2.37. The zero-order chi connectivity index (χ0) is 21.2. The van der Waals surface area contributed by atoms with Crippen molar-refractivity contribution >= 4 is 5.96 Å². The van der Waals surface area contributed by atoms with E-state index in [1.807, 2.05) is 49.4 Å². The molecule has 0 spiro atoms. The molecule has 0 saturated heterocycles. The number of rotatable bonds is 8. The summed E-state index contributed by atoms with van der Waals surface area (Å²) in [6.45, 7) is 3.50. The Bertz CT molecular complexity index is 980. The number of nitrogens with one attached hydrogen (secondary N) is 2. The van der Waals surface area contributed by atoms with Crippen LogP contribution in [0.4, 0.5) is 8.78 Å². The molecule has 30 heavy (non-hydrogen) atoms. The zero-order valence-corrected chi connectivity index (χ0v) is 16.7. The molecule has 5 nitrogen and oxygen atoms in total. The van der Waals surface area contributed by atoms with Gasteiger partial charge in [0.15, 0.2) is 5.96 Å². The van der Waals surface area contributed by atoms with E-state index in [-0.39, 0.29) is 12.1 Å². The van der Waals surface area contributed by atoms with Gasteiger partial charge in [-0.05, 0) is 55.0 Å². The fourth-order valence-corrected chi connectivity index (χ4v) is 2.74. The lowest BCUT2D eigenvalue weighted by atomic mass is 10.2. The number of nitrogens with zero attached hydrogens (tertiary/aromatic N) is 2. The fraction of sp³-hybridized carbons (Fsp3) is 0.217. The second-order valence-electron chi connectivity index (χ2n) is 6.54. The third-order valence-electron chi connectivity index (χ3n) is 4.23. The van der Waals surface area contributed by atoms with Crippen LogP contribution in [-0.4, -0.2) is 17.5 Å². The highest BCUT2D eigenvalue weighted by Gasteiger charge is 2.06. The van der Waals surface area contributed by atoms with Crippen molar-refractivity contribution in [2.24, 2.45) is 4.99 Å². The van der Waals surface area contributed by atoms with Crippen LogP contribution in [0, 0.1) is 11.6 Å². The van der Waals surface area contributed by atoms with Crippen molar-refractivity contribution in [3.8, 4) is 5.75 Å². The van der Waals surface area contributed by atoms with Crippen molar-refractivity contribution < 1.29 is 13.5 Å². The number of hydrogen-bond acceptors (Lipinski definition) is 3. The molecule has 7 heteroatoms. The van der Waals surface area contributed by atoms with Gasteiger partial charge in [0.05, 0.1) is 12.2 Å². The van der Waals surface area contributed by atoms with E-state index in [1.165, 1.54) is 6.07 Å². The van der Waals surface area contributed by atoms with Crippen LogP contribution in [0.3, 0.4) is 0 Å². The van der Waals surface area contributed by atoms with Crippen molar-refractivity contribution in [2.45, 2.75) is 26.6 Å². The fourth-order valence-electron chi connectivity index (χ4n) is 2.74. The lowest BCUT2D eigenvalue weighted by molar-refractivity contribution is 0.301. The number of pyridine rings is 1.